The van der Waals surface area contributed by atoms with E-state index >= 15 is 0 Å². The zero-order valence-electron chi connectivity index (χ0n) is 9.20. The lowest BCUT2D eigenvalue weighted by molar-refractivity contribution is 0.0793. The first-order valence-corrected chi connectivity index (χ1v) is 5.73. The summed E-state index contributed by atoms with van der Waals surface area (Å²) >= 11 is 6.05. The summed E-state index contributed by atoms with van der Waals surface area (Å²) in [5, 5.41) is 0.455. The van der Waals surface area contributed by atoms with Gasteiger partial charge >= 0.3 is 0 Å². The molecule has 0 unspecified atom stereocenters. The van der Waals surface area contributed by atoms with Gasteiger partial charge in [-0.2, -0.15) is 0 Å². The molecular weight excluding hydrogens is 226 g/mol. The van der Waals surface area contributed by atoms with Crippen LogP contribution < -0.4 is 4.74 Å². The number of carbonyl (C=O) groups excluding carboxylic acids is 1. The molecule has 1 fully saturated rings. The minimum Gasteiger partial charge on any atom is -0.497 e. The smallest absolute Gasteiger partial charge is 0.255 e. The molecule has 3 nitrogen and oxygen atoms in total. The van der Waals surface area contributed by atoms with E-state index in [2.05, 4.69) is 0 Å². The summed E-state index contributed by atoms with van der Waals surface area (Å²) in [5.41, 5.74) is 0.560. The molecule has 0 aromatic heterocycles. The van der Waals surface area contributed by atoms with Crippen molar-refractivity contribution in [3.05, 3.63) is 28.8 Å². The summed E-state index contributed by atoms with van der Waals surface area (Å²) in [6.45, 7) is 1.67. The quantitative estimate of drug-likeness (QED) is 0.794. The molecule has 4 heteroatoms. The number of methoxy groups -OCH3 is 1. The highest BCUT2D eigenvalue weighted by Gasteiger charge is 2.21. The van der Waals surface area contributed by atoms with Crippen LogP contribution in [-0.2, 0) is 0 Å². The van der Waals surface area contributed by atoms with Gasteiger partial charge in [-0.25, -0.2) is 0 Å². The molecule has 0 atom stereocenters. The summed E-state index contributed by atoms with van der Waals surface area (Å²) in [6.07, 6.45) is 2.17. The maximum absolute atomic E-state index is 12.1. The second kappa shape index (κ2) is 4.74. The van der Waals surface area contributed by atoms with Crippen LogP contribution in [0.2, 0.25) is 5.02 Å². The van der Waals surface area contributed by atoms with E-state index in [9.17, 15) is 4.79 Å². The van der Waals surface area contributed by atoms with E-state index in [0.717, 1.165) is 25.9 Å². The van der Waals surface area contributed by atoms with Crippen molar-refractivity contribution in [1.29, 1.82) is 0 Å². The van der Waals surface area contributed by atoms with E-state index in [1.165, 1.54) is 0 Å². The minimum atomic E-state index is 0.0187. The molecule has 0 spiro atoms. The van der Waals surface area contributed by atoms with Gasteiger partial charge < -0.3 is 9.64 Å². The fraction of sp³-hybridized carbons (Fsp3) is 0.417. The van der Waals surface area contributed by atoms with Gasteiger partial charge in [0, 0.05) is 13.1 Å². The average molecular weight is 240 g/mol. The molecule has 2 rings (SSSR count). The number of hydrogen-bond donors (Lipinski definition) is 0. The first kappa shape index (κ1) is 11.3. The third-order valence-electron chi connectivity index (χ3n) is 2.80. The lowest BCUT2D eigenvalue weighted by Gasteiger charge is -2.16. The van der Waals surface area contributed by atoms with E-state index in [1.807, 2.05) is 4.90 Å². The lowest BCUT2D eigenvalue weighted by atomic mass is 10.2. The molecule has 0 N–H and O–H groups in total. The van der Waals surface area contributed by atoms with Crippen LogP contribution in [0.1, 0.15) is 23.2 Å². The summed E-state index contributed by atoms with van der Waals surface area (Å²) in [4.78, 5) is 13.9. The van der Waals surface area contributed by atoms with Crippen LogP contribution in [0.3, 0.4) is 0 Å². The van der Waals surface area contributed by atoms with Crippen LogP contribution in [0.15, 0.2) is 18.2 Å². The van der Waals surface area contributed by atoms with Crippen LogP contribution in [0, 0.1) is 0 Å². The fourth-order valence-corrected chi connectivity index (χ4v) is 2.14. The van der Waals surface area contributed by atoms with E-state index < -0.39 is 0 Å². The van der Waals surface area contributed by atoms with Crippen molar-refractivity contribution in [2.24, 2.45) is 0 Å². The van der Waals surface area contributed by atoms with Crippen molar-refractivity contribution >= 4 is 17.5 Å². The normalized spacial score (nSPS) is 15.2. The lowest BCUT2D eigenvalue weighted by Crippen LogP contribution is -2.27. The molecule has 0 radical (unpaired) electrons. The van der Waals surface area contributed by atoms with Crippen molar-refractivity contribution in [1.82, 2.24) is 4.90 Å². The number of ether oxygens (including phenoxy) is 1. The van der Waals surface area contributed by atoms with Crippen LogP contribution in [0.25, 0.3) is 0 Å². The number of nitrogens with zero attached hydrogens (tertiary/aromatic N) is 1. The van der Waals surface area contributed by atoms with E-state index in [0.29, 0.717) is 16.3 Å². The van der Waals surface area contributed by atoms with Gasteiger partial charge in [0.25, 0.3) is 5.91 Å². The van der Waals surface area contributed by atoms with Gasteiger partial charge in [-0.3, -0.25) is 4.79 Å². The van der Waals surface area contributed by atoms with Crippen molar-refractivity contribution in [2.45, 2.75) is 12.8 Å². The van der Waals surface area contributed by atoms with Gasteiger partial charge in [-0.1, -0.05) is 11.6 Å². The number of likely N-dealkylation sites (tertiary alicyclic amines) is 1. The molecule has 1 aliphatic rings. The van der Waals surface area contributed by atoms with E-state index in [1.54, 1.807) is 25.3 Å². The van der Waals surface area contributed by atoms with Crippen molar-refractivity contribution in [2.75, 3.05) is 20.2 Å². The SMILES string of the molecule is COc1ccc(C(=O)N2CCCC2)c(Cl)c1. The van der Waals surface area contributed by atoms with Gasteiger partial charge in [0.1, 0.15) is 5.75 Å². The Kier molecular flexibility index (Phi) is 3.34. The Morgan fingerprint density at radius 3 is 2.62 bits per heavy atom. The Bertz CT molecular complexity index is 400. The molecule has 1 saturated heterocycles. The maximum Gasteiger partial charge on any atom is 0.255 e. The Morgan fingerprint density at radius 2 is 2.06 bits per heavy atom. The Balaban J connectivity index is 2.22. The average Bonchev–Trinajstić information content (AvgIpc) is 2.81. The molecular formula is C12H14ClNO2. The summed E-state index contributed by atoms with van der Waals surface area (Å²) < 4.78 is 5.05. The van der Waals surface area contributed by atoms with Crippen LogP contribution in [0.4, 0.5) is 0 Å². The molecule has 0 aliphatic carbocycles. The maximum atomic E-state index is 12.1. The Hall–Kier alpha value is -1.22. The van der Waals surface area contributed by atoms with Crippen molar-refractivity contribution < 1.29 is 9.53 Å². The van der Waals surface area contributed by atoms with Crippen LogP contribution in [0.5, 0.6) is 5.75 Å². The number of hydrogen-bond acceptors (Lipinski definition) is 2. The third kappa shape index (κ3) is 2.14. The number of amides is 1. The standard InChI is InChI=1S/C12H14ClNO2/c1-16-9-4-5-10(11(13)8-9)12(15)14-6-2-3-7-14/h4-5,8H,2-3,6-7H2,1H3. The molecule has 16 heavy (non-hydrogen) atoms. The Morgan fingerprint density at radius 1 is 1.38 bits per heavy atom. The Labute approximate surface area is 100.0 Å². The molecule has 86 valence electrons. The largest absolute Gasteiger partial charge is 0.497 e. The zero-order chi connectivity index (χ0) is 11.5. The van der Waals surface area contributed by atoms with Crippen molar-refractivity contribution in [3.63, 3.8) is 0 Å². The topological polar surface area (TPSA) is 29.5 Å². The number of rotatable bonds is 2. The van der Waals surface area contributed by atoms with E-state index in [-0.39, 0.29) is 5.91 Å². The monoisotopic (exact) mass is 239 g/mol. The second-order valence-electron chi connectivity index (χ2n) is 3.85. The first-order valence-electron chi connectivity index (χ1n) is 5.35. The second-order valence-corrected chi connectivity index (χ2v) is 4.25. The number of benzene rings is 1. The molecule has 1 heterocycles. The number of halogens is 1. The first-order chi connectivity index (χ1) is 7.72. The molecule has 0 saturated carbocycles. The van der Waals surface area contributed by atoms with Gasteiger partial charge in [-0.05, 0) is 31.0 Å². The zero-order valence-corrected chi connectivity index (χ0v) is 9.96. The predicted molar refractivity (Wildman–Crippen MR) is 63.1 cm³/mol. The molecule has 1 aromatic rings. The van der Waals surface area contributed by atoms with Crippen LogP contribution >= 0.6 is 11.6 Å². The molecule has 1 aliphatic heterocycles. The summed E-state index contributed by atoms with van der Waals surface area (Å²) in [7, 11) is 1.58. The summed E-state index contributed by atoms with van der Waals surface area (Å²) in [5.74, 6) is 0.688. The predicted octanol–water partition coefficient (Wildman–Crippen LogP) is 2.58. The van der Waals surface area contributed by atoms with Gasteiger partial charge in [0.05, 0.1) is 17.7 Å². The summed E-state index contributed by atoms with van der Waals surface area (Å²) in [6, 6.07) is 5.15. The highest BCUT2D eigenvalue weighted by molar-refractivity contribution is 6.34. The molecule has 1 aromatic carbocycles. The molecule has 1 amide bonds. The van der Waals surface area contributed by atoms with Crippen LogP contribution in [-0.4, -0.2) is 31.0 Å². The highest BCUT2D eigenvalue weighted by Crippen LogP contribution is 2.24. The van der Waals surface area contributed by atoms with E-state index in [4.69, 9.17) is 16.3 Å². The van der Waals surface area contributed by atoms with Gasteiger partial charge in [-0.15, -0.1) is 0 Å². The van der Waals surface area contributed by atoms with Crippen molar-refractivity contribution in [3.8, 4) is 5.75 Å². The fourth-order valence-electron chi connectivity index (χ4n) is 1.89. The van der Waals surface area contributed by atoms with Gasteiger partial charge in [0.15, 0.2) is 0 Å². The molecule has 0 bridgehead atoms. The minimum absolute atomic E-state index is 0.0187. The highest BCUT2D eigenvalue weighted by atomic mass is 35.5. The third-order valence-corrected chi connectivity index (χ3v) is 3.11. The van der Waals surface area contributed by atoms with Gasteiger partial charge in [0.2, 0.25) is 0 Å². The number of carbonyl (C=O) groups is 1.